The van der Waals surface area contributed by atoms with Gasteiger partial charge in [0.15, 0.2) is 5.13 Å². The molecular weight excluding hydrogens is 494 g/mol. The lowest BCUT2D eigenvalue weighted by atomic mass is 9.95. The number of fused-ring (bicyclic) bond motifs is 1. The lowest BCUT2D eigenvalue weighted by Crippen LogP contribution is -2.29. The Hall–Kier alpha value is -4.57. The molecule has 1 amide bonds. The van der Waals surface area contributed by atoms with Gasteiger partial charge in [-0.05, 0) is 60.9 Å². The van der Waals surface area contributed by atoms with Crippen LogP contribution in [-0.2, 0) is 9.59 Å². The van der Waals surface area contributed by atoms with E-state index in [4.69, 9.17) is 4.74 Å². The predicted molar refractivity (Wildman–Crippen MR) is 140 cm³/mol. The smallest absolute Gasteiger partial charge is 0.301 e. The average Bonchev–Trinajstić information content (AvgIpc) is 3.42. The van der Waals surface area contributed by atoms with Crippen LogP contribution in [-0.4, -0.2) is 33.8 Å². The van der Waals surface area contributed by atoms with Crippen LogP contribution in [0.25, 0.3) is 16.0 Å². The summed E-state index contributed by atoms with van der Waals surface area (Å²) in [5.74, 6) is -1.63. The molecule has 5 rings (SSSR count). The molecule has 0 spiro atoms. The number of ketones is 1. The van der Waals surface area contributed by atoms with Crippen molar-refractivity contribution in [2.75, 3.05) is 12.0 Å². The zero-order valence-corrected chi connectivity index (χ0v) is 20.9. The molecule has 0 saturated carbocycles. The first kappa shape index (κ1) is 24.1. The number of carbonyl (C=O) groups is 2. The number of aliphatic hydroxyl groups excluding tert-OH is 1. The minimum absolute atomic E-state index is 0.178. The number of aryl methyl sites for hydroxylation is 2. The zero-order chi connectivity index (χ0) is 26.4. The number of rotatable bonds is 5. The molecule has 1 aliphatic rings. The van der Waals surface area contributed by atoms with Crippen LogP contribution >= 0.6 is 11.3 Å². The highest BCUT2D eigenvalue weighted by molar-refractivity contribution is 7.22. The number of amides is 1. The molecule has 9 nitrogen and oxygen atoms in total. The van der Waals surface area contributed by atoms with Crippen LogP contribution in [0.5, 0.6) is 5.75 Å². The van der Waals surface area contributed by atoms with Gasteiger partial charge in [-0.1, -0.05) is 29.5 Å². The molecular formula is C27H21N3O6S. The van der Waals surface area contributed by atoms with E-state index in [0.717, 1.165) is 15.8 Å². The van der Waals surface area contributed by atoms with Gasteiger partial charge in [0.25, 0.3) is 11.5 Å². The number of Topliss-reactive ketones (excluding diaryl/α,β-unsaturated/α-hetero) is 1. The number of aliphatic hydroxyl groups is 1. The van der Waals surface area contributed by atoms with Gasteiger partial charge in [-0.2, -0.15) is 0 Å². The molecule has 1 aromatic heterocycles. The molecule has 1 N–H and O–H groups in total. The average molecular weight is 516 g/mol. The van der Waals surface area contributed by atoms with E-state index in [0.29, 0.717) is 22.4 Å². The van der Waals surface area contributed by atoms with E-state index in [1.54, 1.807) is 30.3 Å². The number of hydrogen-bond donors (Lipinski definition) is 1. The quantitative estimate of drug-likeness (QED) is 0.123. The van der Waals surface area contributed by atoms with Gasteiger partial charge in [-0.25, -0.2) is 4.98 Å². The van der Waals surface area contributed by atoms with E-state index in [9.17, 15) is 24.8 Å². The number of aromatic nitrogens is 1. The van der Waals surface area contributed by atoms with E-state index >= 15 is 0 Å². The van der Waals surface area contributed by atoms with Crippen molar-refractivity contribution in [3.05, 3.63) is 98.6 Å². The number of anilines is 1. The van der Waals surface area contributed by atoms with E-state index in [1.807, 2.05) is 26.0 Å². The van der Waals surface area contributed by atoms with Crippen LogP contribution in [0.15, 0.2) is 66.2 Å². The van der Waals surface area contributed by atoms with Crippen LogP contribution in [0.3, 0.4) is 0 Å². The van der Waals surface area contributed by atoms with E-state index in [-0.39, 0.29) is 16.4 Å². The molecule has 37 heavy (non-hydrogen) atoms. The molecule has 0 radical (unpaired) electrons. The minimum atomic E-state index is -1.12. The second-order valence-corrected chi connectivity index (χ2v) is 9.68. The van der Waals surface area contributed by atoms with E-state index < -0.39 is 28.4 Å². The lowest BCUT2D eigenvalue weighted by Gasteiger charge is -2.22. The first-order valence-electron chi connectivity index (χ1n) is 11.3. The normalized spacial score (nSPS) is 16.9. The van der Waals surface area contributed by atoms with Crippen molar-refractivity contribution < 1.29 is 24.4 Å². The largest absolute Gasteiger partial charge is 0.507 e. The molecule has 10 heteroatoms. The van der Waals surface area contributed by atoms with Gasteiger partial charge in [-0.3, -0.25) is 24.6 Å². The van der Waals surface area contributed by atoms with Crippen LogP contribution in [0.1, 0.15) is 28.3 Å². The molecule has 2 heterocycles. The van der Waals surface area contributed by atoms with Crippen LogP contribution in [0.4, 0.5) is 10.8 Å². The summed E-state index contributed by atoms with van der Waals surface area (Å²) in [6, 6.07) is 14.8. The third-order valence-electron chi connectivity index (χ3n) is 6.23. The Morgan fingerprint density at radius 2 is 1.84 bits per heavy atom. The number of carbonyl (C=O) groups excluding carboxylic acids is 2. The maximum atomic E-state index is 13.4. The summed E-state index contributed by atoms with van der Waals surface area (Å²) in [6.07, 6.45) is 0. The fourth-order valence-corrected chi connectivity index (χ4v) is 5.69. The molecule has 4 aromatic rings. The van der Waals surface area contributed by atoms with Gasteiger partial charge < -0.3 is 9.84 Å². The number of nitro groups is 1. The second kappa shape index (κ2) is 9.14. The monoisotopic (exact) mass is 515 g/mol. The number of non-ortho nitro benzene ring substituents is 1. The molecule has 3 aromatic carbocycles. The van der Waals surface area contributed by atoms with Crippen LogP contribution in [0.2, 0.25) is 0 Å². The first-order chi connectivity index (χ1) is 17.7. The summed E-state index contributed by atoms with van der Waals surface area (Å²) >= 11 is 1.24. The standard InChI is InChI=1S/C27H21N3O6S/c1-14-11-15(2)22-20(12-14)37-27(28-22)29-23(17-5-4-6-18(13-17)30(34)35)21(25(32)26(29)33)24(31)16-7-9-19(36-3)10-8-16/h4-13,23,31H,1-3H3/t23-/m1/s1. The van der Waals surface area contributed by atoms with Crippen molar-refractivity contribution in [2.45, 2.75) is 19.9 Å². The first-order valence-corrected chi connectivity index (χ1v) is 12.1. The Morgan fingerprint density at radius 1 is 1.11 bits per heavy atom. The molecule has 0 unspecified atom stereocenters. The highest BCUT2D eigenvalue weighted by atomic mass is 32.1. The second-order valence-electron chi connectivity index (χ2n) is 8.67. The fraction of sp³-hybridized carbons (Fsp3) is 0.148. The van der Waals surface area contributed by atoms with Gasteiger partial charge in [0.05, 0.1) is 33.9 Å². The number of nitro benzene ring substituents is 1. The highest BCUT2D eigenvalue weighted by Gasteiger charge is 2.48. The Balaban J connectivity index is 1.75. The van der Waals surface area contributed by atoms with Crippen LogP contribution < -0.4 is 9.64 Å². The Labute approximate surface area is 215 Å². The molecule has 0 bridgehead atoms. The van der Waals surface area contributed by atoms with Gasteiger partial charge in [0, 0.05) is 17.7 Å². The van der Waals surface area contributed by atoms with Gasteiger partial charge in [-0.15, -0.1) is 0 Å². The Morgan fingerprint density at radius 3 is 2.51 bits per heavy atom. The van der Waals surface area contributed by atoms with Gasteiger partial charge >= 0.3 is 5.91 Å². The topological polar surface area (TPSA) is 123 Å². The number of thiazole rings is 1. The molecule has 1 saturated heterocycles. The third kappa shape index (κ3) is 4.11. The minimum Gasteiger partial charge on any atom is -0.507 e. The summed E-state index contributed by atoms with van der Waals surface area (Å²) in [6.45, 7) is 3.87. The SMILES string of the molecule is COc1ccc(C(O)=C2C(=O)C(=O)N(c3nc4c(C)cc(C)cc4s3)[C@@H]2c2cccc([N+](=O)[O-])c2)cc1. The zero-order valence-electron chi connectivity index (χ0n) is 20.1. The van der Waals surface area contributed by atoms with Gasteiger partial charge in [0.2, 0.25) is 0 Å². The number of hydrogen-bond acceptors (Lipinski definition) is 8. The molecule has 0 aliphatic carbocycles. The maximum Gasteiger partial charge on any atom is 0.301 e. The van der Waals surface area contributed by atoms with Crippen LogP contribution in [0, 0.1) is 24.0 Å². The summed E-state index contributed by atoms with van der Waals surface area (Å²) in [5, 5.41) is 23.0. The number of benzene rings is 3. The number of ether oxygens (including phenoxy) is 1. The fourth-order valence-electron chi connectivity index (χ4n) is 4.52. The van der Waals surface area contributed by atoms with Crippen molar-refractivity contribution >= 4 is 49.8 Å². The summed E-state index contributed by atoms with van der Waals surface area (Å²) < 4.78 is 6.00. The molecule has 1 atom stereocenters. The number of nitrogens with zero attached hydrogens (tertiary/aromatic N) is 3. The van der Waals surface area contributed by atoms with Crippen molar-refractivity contribution in [2.24, 2.45) is 0 Å². The van der Waals surface area contributed by atoms with Crippen molar-refractivity contribution in [3.63, 3.8) is 0 Å². The summed E-state index contributed by atoms with van der Waals surface area (Å²) in [4.78, 5) is 43.6. The lowest BCUT2D eigenvalue weighted by molar-refractivity contribution is -0.384. The maximum absolute atomic E-state index is 13.4. The van der Waals surface area contributed by atoms with Crippen molar-refractivity contribution in [1.82, 2.24) is 4.98 Å². The van der Waals surface area contributed by atoms with Crippen molar-refractivity contribution in [1.29, 1.82) is 0 Å². The van der Waals surface area contributed by atoms with Crippen molar-refractivity contribution in [3.8, 4) is 5.75 Å². The molecule has 186 valence electrons. The summed E-state index contributed by atoms with van der Waals surface area (Å²) in [5.41, 5.74) is 2.85. The van der Waals surface area contributed by atoms with E-state index in [1.165, 1.54) is 41.5 Å². The van der Waals surface area contributed by atoms with Gasteiger partial charge in [0.1, 0.15) is 11.5 Å². The summed E-state index contributed by atoms with van der Waals surface area (Å²) in [7, 11) is 1.50. The predicted octanol–water partition coefficient (Wildman–Crippen LogP) is 5.46. The number of methoxy groups -OCH3 is 1. The highest BCUT2D eigenvalue weighted by Crippen LogP contribution is 2.45. The Kier molecular flexibility index (Phi) is 5.96. The Bertz CT molecular complexity index is 1620. The molecule has 1 aliphatic heterocycles. The molecule has 1 fully saturated rings. The van der Waals surface area contributed by atoms with E-state index in [2.05, 4.69) is 4.98 Å². The third-order valence-corrected chi connectivity index (χ3v) is 7.23.